The fourth-order valence-electron chi connectivity index (χ4n) is 3.92. The van der Waals surface area contributed by atoms with Gasteiger partial charge in [0.05, 0.1) is 5.69 Å². The molecule has 0 saturated carbocycles. The molecule has 7 heteroatoms. The van der Waals surface area contributed by atoms with Crippen LogP contribution in [0.4, 0.5) is 10.1 Å². The summed E-state index contributed by atoms with van der Waals surface area (Å²) in [7, 11) is 1.86. The van der Waals surface area contributed by atoms with Gasteiger partial charge in [0.25, 0.3) is 0 Å². The molecule has 0 radical (unpaired) electrons. The molecule has 0 bridgehead atoms. The van der Waals surface area contributed by atoms with Crippen molar-refractivity contribution in [3.05, 3.63) is 46.0 Å². The van der Waals surface area contributed by atoms with E-state index in [-0.39, 0.29) is 11.7 Å². The zero-order valence-corrected chi connectivity index (χ0v) is 17.5. The molecule has 1 fully saturated rings. The first-order valence-corrected chi connectivity index (χ1v) is 10.2. The Morgan fingerprint density at radius 2 is 2.18 bits per heavy atom. The van der Waals surface area contributed by atoms with Crippen LogP contribution in [-0.2, 0) is 18.4 Å². The first-order chi connectivity index (χ1) is 13.3. The molecule has 1 saturated heterocycles. The molecule has 1 atom stereocenters. The number of nitrogens with one attached hydrogen (secondary N) is 1. The second kappa shape index (κ2) is 9.05. The fourth-order valence-corrected chi connectivity index (χ4v) is 4.16. The van der Waals surface area contributed by atoms with Crippen LogP contribution in [-0.4, -0.2) is 33.7 Å². The highest BCUT2D eigenvalue weighted by atomic mass is 35.5. The van der Waals surface area contributed by atoms with Crippen molar-refractivity contribution in [1.82, 2.24) is 14.7 Å². The Balaban J connectivity index is 1.50. The van der Waals surface area contributed by atoms with E-state index >= 15 is 0 Å². The van der Waals surface area contributed by atoms with Gasteiger partial charge in [-0.2, -0.15) is 5.10 Å². The lowest BCUT2D eigenvalue weighted by molar-refractivity contribution is -0.116. The minimum absolute atomic E-state index is 0.0158. The van der Waals surface area contributed by atoms with Crippen LogP contribution in [0.25, 0.3) is 0 Å². The predicted octanol–water partition coefficient (Wildman–Crippen LogP) is 4.46. The van der Waals surface area contributed by atoms with Gasteiger partial charge in [-0.15, -0.1) is 0 Å². The summed E-state index contributed by atoms with van der Waals surface area (Å²) in [6.45, 7) is 6.60. The number of rotatable bonds is 6. The molecule has 1 aliphatic rings. The minimum Gasteiger partial charge on any atom is -0.326 e. The average molecular weight is 407 g/mol. The van der Waals surface area contributed by atoms with Crippen LogP contribution in [0.3, 0.4) is 0 Å². The van der Waals surface area contributed by atoms with Crippen molar-refractivity contribution in [2.24, 2.45) is 13.0 Å². The Kier molecular flexibility index (Phi) is 6.73. The Hall–Kier alpha value is -1.92. The monoisotopic (exact) mass is 406 g/mol. The number of carbonyl (C=O) groups is 1. The summed E-state index contributed by atoms with van der Waals surface area (Å²) >= 11 is 6.37. The van der Waals surface area contributed by atoms with Gasteiger partial charge in [0.2, 0.25) is 5.91 Å². The van der Waals surface area contributed by atoms with E-state index in [1.165, 1.54) is 12.1 Å². The lowest BCUT2D eigenvalue weighted by Crippen LogP contribution is -2.35. The number of nitrogens with zero attached hydrogens (tertiary/aromatic N) is 3. The van der Waals surface area contributed by atoms with Crippen molar-refractivity contribution in [3.8, 4) is 0 Å². The molecule has 152 valence electrons. The van der Waals surface area contributed by atoms with Crippen LogP contribution in [0.15, 0.2) is 18.2 Å². The quantitative estimate of drug-likeness (QED) is 0.770. The molecule has 1 amide bonds. The van der Waals surface area contributed by atoms with E-state index in [2.05, 4.69) is 15.3 Å². The highest BCUT2D eigenvalue weighted by Gasteiger charge is 2.23. The molecule has 1 aromatic carbocycles. The van der Waals surface area contributed by atoms with E-state index < -0.39 is 0 Å². The zero-order chi connectivity index (χ0) is 20.3. The van der Waals surface area contributed by atoms with Crippen molar-refractivity contribution in [3.63, 3.8) is 0 Å². The number of benzene rings is 1. The normalized spacial score (nSPS) is 17.7. The number of aromatic nitrogens is 2. The predicted molar refractivity (Wildman–Crippen MR) is 110 cm³/mol. The lowest BCUT2D eigenvalue weighted by atomic mass is 9.93. The van der Waals surface area contributed by atoms with Gasteiger partial charge in [0, 0.05) is 37.8 Å². The molecule has 0 unspecified atom stereocenters. The summed E-state index contributed by atoms with van der Waals surface area (Å²) in [5.41, 5.74) is 3.48. The first-order valence-electron chi connectivity index (χ1n) is 9.80. The SMILES string of the molecule is Cc1cc(F)ccc1NC(=O)CC[C@H]1CCCN(Cc2c(C)nn(C)c2Cl)C1. The van der Waals surface area contributed by atoms with Gasteiger partial charge in [-0.1, -0.05) is 11.6 Å². The molecular weight excluding hydrogens is 379 g/mol. The molecule has 0 aliphatic carbocycles. The third-order valence-electron chi connectivity index (χ3n) is 5.50. The van der Waals surface area contributed by atoms with Gasteiger partial charge < -0.3 is 5.32 Å². The summed E-state index contributed by atoms with van der Waals surface area (Å²) in [4.78, 5) is 14.7. The minimum atomic E-state index is -0.290. The van der Waals surface area contributed by atoms with E-state index in [1.807, 2.05) is 14.0 Å². The first kappa shape index (κ1) is 20.8. The van der Waals surface area contributed by atoms with Crippen LogP contribution >= 0.6 is 11.6 Å². The number of hydrogen-bond donors (Lipinski definition) is 1. The topological polar surface area (TPSA) is 50.2 Å². The van der Waals surface area contributed by atoms with Gasteiger partial charge in [-0.25, -0.2) is 4.39 Å². The molecule has 0 spiro atoms. The maximum Gasteiger partial charge on any atom is 0.224 e. The van der Waals surface area contributed by atoms with Gasteiger partial charge in [0.1, 0.15) is 11.0 Å². The van der Waals surface area contributed by atoms with Gasteiger partial charge in [-0.3, -0.25) is 14.4 Å². The molecule has 3 rings (SSSR count). The summed E-state index contributed by atoms with van der Waals surface area (Å²) < 4.78 is 14.9. The maximum atomic E-state index is 13.2. The highest BCUT2D eigenvalue weighted by molar-refractivity contribution is 6.30. The van der Waals surface area contributed by atoms with Gasteiger partial charge in [0.15, 0.2) is 0 Å². The van der Waals surface area contributed by atoms with Crippen LogP contribution in [0.1, 0.15) is 42.5 Å². The molecule has 5 nitrogen and oxygen atoms in total. The van der Waals surface area contributed by atoms with Crippen molar-refractivity contribution < 1.29 is 9.18 Å². The van der Waals surface area contributed by atoms with Crippen molar-refractivity contribution in [2.45, 2.75) is 46.1 Å². The van der Waals surface area contributed by atoms with E-state index in [4.69, 9.17) is 11.6 Å². The largest absolute Gasteiger partial charge is 0.326 e. The Labute approximate surface area is 170 Å². The summed E-state index contributed by atoms with van der Waals surface area (Å²) in [5, 5.41) is 7.99. The van der Waals surface area contributed by atoms with E-state index in [9.17, 15) is 9.18 Å². The van der Waals surface area contributed by atoms with Crippen LogP contribution < -0.4 is 5.32 Å². The third kappa shape index (κ3) is 5.11. The number of anilines is 1. The molecule has 2 aromatic rings. The Morgan fingerprint density at radius 3 is 2.86 bits per heavy atom. The smallest absolute Gasteiger partial charge is 0.224 e. The summed E-state index contributed by atoms with van der Waals surface area (Å²) in [6, 6.07) is 4.41. The van der Waals surface area contributed by atoms with E-state index in [0.717, 1.165) is 55.7 Å². The molecule has 28 heavy (non-hydrogen) atoms. The standard InChI is InChI=1S/C21H28ClFN4O/c1-14-11-17(23)7-8-19(14)24-20(28)9-6-16-5-4-10-27(12-16)13-18-15(2)25-26(3)21(18)22/h7-8,11,16H,4-6,9-10,12-13H2,1-3H3,(H,24,28)/t16-/m1/s1. The van der Waals surface area contributed by atoms with Crippen molar-refractivity contribution in [2.75, 3.05) is 18.4 Å². The average Bonchev–Trinajstić information content (AvgIpc) is 2.89. The van der Waals surface area contributed by atoms with Crippen LogP contribution in [0, 0.1) is 25.6 Å². The van der Waals surface area contributed by atoms with E-state index in [1.54, 1.807) is 17.7 Å². The Bertz CT molecular complexity index is 851. The van der Waals surface area contributed by atoms with Crippen molar-refractivity contribution >= 4 is 23.2 Å². The van der Waals surface area contributed by atoms with Gasteiger partial charge in [-0.05, 0) is 69.3 Å². The number of halogens is 2. The number of carbonyl (C=O) groups excluding carboxylic acids is 1. The van der Waals surface area contributed by atoms with Crippen LogP contribution in [0.5, 0.6) is 0 Å². The second-order valence-corrected chi connectivity index (χ2v) is 8.13. The highest BCUT2D eigenvalue weighted by Crippen LogP contribution is 2.26. The van der Waals surface area contributed by atoms with E-state index in [0.29, 0.717) is 23.2 Å². The van der Waals surface area contributed by atoms with Crippen molar-refractivity contribution in [1.29, 1.82) is 0 Å². The number of hydrogen-bond acceptors (Lipinski definition) is 3. The zero-order valence-electron chi connectivity index (χ0n) is 16.8. The maximum absolute atomic E-state index is 13.2. The number of aryl methyl sites for hydroxylation is 3. The third-order valence-corrected chi connectivity index (χ3v) is 5.97. The molecule has 1 aromatic heterocycles. The molecule has 1 N–H and O–H groups in total. The fraction of sp³-hybridized carbons (Fsp3) is 0.524. The summed E-state index contributed by atoms with van der Waals surface area (Å²) in [5.74, 6) is 0.185. The number of piperidine rings is 1. The van der Waals surface area contributed by atoms with Gasteiger partial charge >= 0.3 is 0 Å². The lowest BCUT2D eigenvalue weighted by Gasteiger charge is -2.32. The number of amides is 1. The summed E-state index contributed by atoms with van der Waals surface area (Å²) in [6.07, 6.45) is 3.59. The second-order valence-electron chi connectivity index (χ2n) is 7.77. The van der Waals surface area contributed by atoms with Crippen LogP contribution in [0.2, 0.25) is 5.15 Å². The molecule has 2 heterocycles. The molecular formula is C21H28ClFN4O. The Morgan fingerprint density at radius 1 is 1.39 bits per heavy atom. The number of likely N-dealkylation sites (tertiary alicyclic amines) is 1. The molecule has 1 aliphatic heterocycles.